The number of fused-ring (bicyclic) bond motifs is 1. The van der Waals surface area contributed by atoms with E-state index in [4.69, 9.17) is 15.2 Å². The van der Waals surface area contributed by atoms with Crippen molar-refractivity contribution in [1.82, 2.24) is 9.13 Å². The summed E-state index contributed by atoms with van der Waals surface area (Å²) in [6, 6.07) is 15.9. The summed E-state index contributed by atoms with van der Waals surface area (Å²) < 4.78 is 14.4. The van der Waals surface area contributed by atoms with Gasteiger partial charge in [-0.2, -0.15) is 0 Å². The molecular weight excluding hydrogens is 536 g/mol. The second-order valence-electron chi connectivity index (χ2n) is 10.7. The molecule has 1 unspecified atom stereocenters. The molecule has 0 saturated carbocycles. The van der Waals surface area contributed by atoms with Crippen molar-refractivity contribution in [2.75, 3.05) is 11.1 Å². The topological polar surface area (TPSA) is 138 Å². The summed E-state index contributed by atoms with van der Waals surface area (Å²) in [5.74, 6) is 1.04. The molecule has 0 fully saturated rings. The maximum atomic E-state index is 13.7. The molecule has 1 aliphatic heterocycles. The first-order valence-electron chi connectivity index (χ1n) is 13.8. The van der Waals surface area contributed by atoms with Crippen LogP contribution in [0.5, 0.6) is 23.0 Å². The SMILES string of the molecule is CCn1c(=O)c(NC(=O)C2(C)CCc3c(C)c(O)c(C)c(C)c3O2)c(N)n(-c2cccc(Oc3ccccc3)c2)c1=O. The molecule has 0 saturated heterocycles. The van der Waals surface area contributed by atoms with Gasteiger partial charge in [-0.25, -0.2) is 9.36 Å². The van der Waals surface area contributed by atoms with Gasteiger partial charge in [-0.05, 0) is 82.0 Å². The molecule has 0 aliphatic carbocycles. The average molecular weight is 571 g/mol. The first kappa shape index (κ1) is 28.5. The highest BCUT2D eigenvalue weighted by Gasteiger charge is 2.41. The quantitative estimate of drug-likeness (QED) is 0.304. The highest BCUT2D eigenvalue weighted by molar-refractivity contribution is 5.99. The lowest BCUT2D eigenvalue weighted by Gasteiger charge is -2.36. The molecule has 1 aliphatic rings. The Hall–Kier alpha value is -4.99. The van der Waals surface area contributed by atoms with Crippen molar-refractivity contribution in [3.63, 3.8) is 0 Å². The molecule has 0 bridgehead atoms. The minimum Gasteiger partial charge on any atom is -0.507 e. The number of nitrogens with two attached hydrogens (primary N) is 1. The number of ether oxygens (including phenoxy) is 2. The Morgan fingerprint density at radius 1 is 1.05 bits per heavy atom. The number of phenolic OH excluding ortho intramolecular Hbond substituents is 1. The largest absolute Gasteiger partial charge is 0.507 e. The summed E-state index contributed by atoms with van der Waals surface area (Å²) in [5, 5.41) is 13.2. The van der Waals surface area contributed by atoms with Crippen molar-refractivity contribution in [2.45, 2.75) is 59.6 Å². The van der Waals surface area contributed by atoms with E-state index in [0.717, 1.165) is 21.3 Å². The number of hydrogen-bond donors (Lipinski definition) is 3. The molecule has 218 valence electrons. The summed E-state index contributed by atoms with van der Waals surface area (Å²) in [5.41, 5.74) is 6.87. The van der Waals surface area contributed by atoms with Crippen molar-refractivity contribution >= 4 is 17.4 Å². The average Bonchev–Trinajstić information content (AvgIpc) is 2.98. The zero-order valence-electron chi connectivity index (χ0n) is 24.3. The Balaban J connectivity index is 1.53. The number of carbonyl (C=O) groups excluding carboxylic acids is 1. The fourth-order valence-corrected chi connectivity index (χ4v) is 5.28. The number of para-hydroxylation sites is 1. The highest BCUT2D eigenvalue weighted by Crippen LogP contribution is 2.43. The van der Waals surface area contributed by atoms with Crippen molar-refractivity contribution in [1.29, 1.82) is 0 Å². The van der Waals surface area contributed by atoms with E-state index in [2.05, 4.69) is 5.32 Å². The summed E-state index contributed by atoms with van der Waals surface area (Å²) in [6.07, 6.45) is 0.789. The molecular formula is C32H34N4O6. The van der Waals surface area contributed by atoms with Gasteiger partial charge in [0.05, 0.1) is 5.69 Å². The lowest BCUT2D eigenvalue weighted by Crippen LogP contribution is -2.50. The Morgan fingerprint density at radius 3 is 2.43 bits per heavy atom. The molecule has 10 heteroatoms. The van der Waals surface area contributed by atoms with Gasteiger partial charge in [0, 0.05) is 24.6 Å². The number of amides is 1. The van der Waals surface area contributed by atoms with Crippen molar-refractivity contribution in [3.05, 3.63) is 97.7 Å². The van der Waals surface area contributed by atoms with Crippen LogP contribution in [0.1, 0.15) is 42.5 Å². The molecule has 2 heterocycles. The van der Waals surface area contributed by atoms with Crippen LogP contribution in [-0.2, 0) is 17.8 Å². The third-order valence-electron chi connectivity index (χ3n) is 7.99. The van der Waals surface area contributed by atoms with Gasteiger partial charge in [0.25, 0.3) is 11.5 Å². The summed E-state index contributed by atoms with van der Waals surface area (Å²) in [4.78, 5) is 40.6. The fourth-order valence-electron chi connectivity index (χ4n) is 5.28. The second kappa shape index (κ2) is 10.8. The minimum atomic E-state index is -1.34. The lowest BCUT2D eigenvalue weighted by atomic mass is 9.86. The Kier molecular flexibility index (Phi) is 7.32. The Labute approximate surface area is 243 Å². The number of benzene rings is 3. The van der Waals surface area contributed by atoms with Crippen LogP contribution in [0.3, 0.4) is 0 Å². The predicted octanol–water partition coefficient (Wildman–Crippen LogP) is 4.75. The monoisotopic (exact) mass is 570 g/mol. The number of carbonyl (C=O) groups is 1. The van der Waals surface area contributed by atoms with Crippen molar-refractivity contribution in [2.24, 2.45) is 0 Å². The van der Waals surface area contributed by atoms with E-state index in [1.165, 1.54) is 4.57 Å². The zero-order chi connectivity index (χ0) is 30.3. The Morgan fingerprint density at radius 2 is 1.74 bits per heavy atom. The number of phenols is 1. The molecule has 10 nitrogen and oxygen atoms in total. The van der Waals surface area contributed by atoms with Crippen LogP contribution in [0.15, 0.2) is 64.2 Å². The number of hydrogen-bond acceptors (Lipinski definition) is 7. The first-order chi connectivity index (χ1) is 20.0. The maximum absolute atomic E-state index is 13.7. The number of nitrogen functional groups attached to an aromatic ring is 1. The third kappa shape index (κ3) is 4.78. The summed E-state index contributed by atoms with van der Waals surface area (Å²) >= 11 is 0. The number of anilines is 2. The number of aromatic nitrogens is 2. The summed E-state index contributed by atoms with van der Waals surface area (Å²) in [7, 11) is 0. The first-order valence-corrected chi connectivity index (χ1v) is 13.8. The van der Waals surface area contributed by atoms with Crippen LogP contribution in [-0.4, -0.2) is 25.7 Å². The molecule has 1 atom stereocenters. The Bertz CT molecular complexity index is 1830. The van der Waals surface area contributed by atoms with Crippen LogP contribution in [0, 0.1) is 20.8 Å². The number of rotatable bonds is 6. The van der Waals surface area contributed by atoms with Crippen LogP contribution < -0.4 is 31.8 Å². The van der Waals surface area contributed by atoms with Crippen LogP contribution >= 0.6 is 0 Å². The molecule has 5 rings (SSSR count). The minimum absolute atomic E-state index is 0.0589. The number of nitrogens with zero attached hydrogens (tertiary/aromatic N) is 2. The molecule has 0 spiro atoms. The predicted molar refractivity (Wildman–Crippen MR) is 161 cm³/mol. The molecule has 3 aromatic carbocycles. The van der Waals surface area contributed by atoms with E-state index in [0.29, 0.717) is 41.3 Å². The van der Waals surface area contributed by atoms with E-state index in [1.54, 1.807) is 57.2 Å². The van der Waals surface area contributed by atoms with Gasteiger partial charge in [0.15, 0.2) is 5.60 Å². The maximum Gasteiger partial charge on any atom is 0.337 e. The van der Waals surface area contributed by atoms with Gasteiger partial charge in [-0.3, -0.25) is 14.2 Å². The lowest BCUT2D eigenvalue weighted by molar-refractivity contribution is -0.131. The van der Waals surface area contributed by atoms with Gasteiger partial charge in [-0.1, -0.05) is 24.3 Å². The standard InChI is InChI=1S/C32H34N4O6/c1-6-35-29(38)25(34-30(39)32(5)16-15-24-20(4)26(37)18(2)19(3)27(24)42-32)28(33)36(31(35)40)21-11-10-14-23(17-21)41-22-12-8-7-9-13-22/h7-14,17,37H,6,15-16,33H2,1-5H3,(H,34,39). The van der Waals surface area contributed by atoms with E-state index < -0.39 is 22.8 Å². The second-order valence-corrected chi connectivity index (χ2v) is 10.7. The van der Waals surface area contributed by atoms with Crippen LogP contribution in [0.25, 0.3) is 5.69 Å². The number of aromatic hydroxyl groups is 1. The fraction of sp³-hybridized carbons (Fsp3) is 0.281. The van der Waals surface area contributed by atoms with Gasteiger partial charge in [0.2, 0.25) is 0 Å². The molecule has 0 radical (unpaired) electrons. The van der Waals surface area contributed by atoms with E-state index in [9.17, 15) is 19.5 Å². The number of nitrogens with one attached hydrogen (secondary N) is 1. The van der Waals surface area contributed by atoms with Gasteiger partial charge in [0.1, 0.15) is 34.5 Å². The molecule has 1 aromatic heterocycles. The van der Waals surface area contributed by atoms with Crippen LogP contribution in [0.2, 0.25) is 0 Å². The summed E-state index contributed by atoms with van der Waals surface area (Å²) in [6.45, 7) is 8.82. The highest BCUT2D eigenvalue weighted by atomic mass is 16.5. The third-order valence-corrected chi connectivity index (χ3v) is 7.99. The van der Waals surface area contributed by atoms with Gasteiger partial charge >= 0.3 is 5.69 Å². The van der Waals surface area contributed by atoms with E-state index in [-0.39, 0.29) is 23.8 Å². The smallest absolute Gasteiger partial charge is 0.337 e. The normalized spacial score (nSPS) is 15.9. The molecule has 42 heavy (non-hydrogen) atoms. The van der Waals surface area contributed by atoms with E-state index in [1.807, 2.05) is 32.0 Å². The molecule has 4 aromatic rings. The van der Waals surface area contributed by atoms with Crippen molar-refractivity contribution in [3.8, 4) is 28.7 Å². The van der Waals surface area contributed by atoms with E-state index >= 15 is 0 Å². The molecule has 1 amide bonds. The zero-order valence-corrected chi connectivity index (χ0v) is 24.3. The molecule has 4 N–H and O–H groups in total. The van der Waals surface area contributed by atoms with Gasteiger partial charge in [-0.15, -0.1) is 0 Å². The van der Waals surface area contributed by atoms with Crippen molar-refractivity contribution < 1.29 is 19.4 Å². The van der Waals surface area contributed by atoms with Gasteiger partial charge < -0.3 is 25.6 Å². The van der Waals surface area contributed by atoms with Crippen LogP contribution in [0.4, 0.5) is 11.5 Å².